The summed E-state index contributed by atoms with van der Waals surface area (Å²) in [5.74, 6) is 1.42. The van der Waals surface area contributed by atoms with E-state index in [-0.39, 0.29) is 12.0 Å². The molecule has 4 heteroatoms. The van der Waals surface area contributed by atoms with E-state index in [0.717, 1.165) is 45.0 Å². The Bertz CT molecular complexity index is 329. The van der Waals surface area contributed by atoms with E-state index in [1.807, 2.05) is 0 Å². The van der Waals surface area contributed by atoms with Crippen LogP contribution >= 0.6 is 0 Å². The lowest BCUT2D eigenvalue weighted by Gasteiger charge is -2.41. The standard InChI is InChI=1S/C16H28N2O2/c1-12-4-6-14(7-5-12)18(11-15-3-2-8-20-15)16(19)13-9-17-10-13/h12-15,17H,2-11H2,1H3. The van der Waals surface area contributed by atoms with Crippen molar-refractivity contribution in [1.29, 1.82) is 0 Å². The minimum absolute atomic E-state index is 0.218. The Kier molecular flexibility index (Phi) is 4.61. The molecule has 20 heavy (non-hydrogen) atoms. The molecule has 1 unspecified atom stereocenters. The van der Waals surface area contributed by atoms with E-state index in [0.29, 0.717) is 11.9 Å². The van der Waals surface area contributed by atoms with Crippen molar-refractivity contribution in [2.75, 3.05) is 26.2 Å². The van der Waals surface area contributed by atoms with Crippen LogP contribution in [0.4, 0.5) is 0 Å². The fraction of sp³-hybridized carbons (Fsp3) is 0.938. The molecular formula is C16H28N2O2. The summed E-state index contributed by atoms with van der Waals surface area (Å²) in [5, 5.41) is 3.22. The topological polar surface area (TPSA) is 41.6 Å². The highest BCUT2D eigenvalue weighted by molar-refractivity contribution is 5.80. The van der Waals surface area contributed by atoms with Crippen molar-refractivity contribution < 1.29 is 9.53 Å². The summed E-state index contributed by atoms with van der Waals surface area (Å²) in [6.45, 7) is 5.76. The summed E-state index contributed by atoms with van der Waals surface area (Å²) < 4.78 is 5.77. The third-order valence-corrected chi connectivity index (χ3v) is 5.26. The molecule has 0 aromatic carbocycles. The van der Waals surface area contributed by atoms with Crippen LogP contribution in [0.5, 0.6) is 0 Å². The molecule has 1 N–H and O–H groups in total. The van der Waals surface area contributed by atoms with Crippen LogP contribution < -0.4 is 5.32 Å². The molecule has 3 rings (SSSR count). The highest BCUT2D eigenvalue weighted by atomic mass is 16.5. The van der Waals surface area contributed by atoms with Gasteiger partial charge in [0.2, 0.25) is 5.91 Å². The van der Waals surface area contributed by atoms with E-state index in [1.165, 1.54) is 25.7 Å². The molecule has 1 saturated carbocycles. The van der Waals surface area contributed by atoms with Crippen LogP contribution in [0.15, 0.2) is 0 Å². The fourth-order valence-corrected chi connectivity index (χ4v) is 3.68. The van der Waals surface area contributed by atoms with Crippen molar-refractivity contribution in [2.24, 2.45) is 11.8 Å². The van der Waals surface area contributed by atoms with Crippen LogP contribution in [0.1, 0.15) is 45.4 Å². The van der Waals surface area contributed by atoms with Crippen molar-refractivity contribution >= 4 is 5.91 Å². The van der Waals surface area contributed by atoms with Crippen molar-refractivity contribution in [3.63, 3.8) is 0 Å². The fourth-order valence-electron chi connectivity index (χ4n) is 3.68. The van der Waals surface area contributed by atoms with Crippen molar-refractivity contribution in [3.05, 3.63) is 0 Å². The SMILES string of the molecule is CC1CCC(N(CC2CCCO2)C(=O)C2CNC2)CC1. The molecule has 2 saturated heterocycles. The summed E-state index contributed by atoms with van der Waals surface area (Å²) in [7, 11) is 0. The van der Waals surface area contributed by atoms with E-state index in [4.69, 9.17) is 4.74 Å². The Morgan fingerprint density at radius 1 is 1.20 bits per heavy atom. The Hall–Kier alpha value is -0.610. The lowest BCUT2D eigenvalue weighted by atomic mass is 9.85. The maximum Gasteiger partial charge on any atom is 0.228 e. The number of carbonyl (C=O) groups is 1. The zero-order valence-corrected chi connectivity index (χ0v) is 12.6. The first-order chi connectivity index (χ1) is 9.74. The summed E-state index contributed by atoms with van der Waals surface area (Å²) in [6.07, 6.45) is 7.45. The predicted molar refractivity (Wildman–Crippen MR) is 78.5 cm³/mol. The molecule has 0 aromatic rings. The Morgan fingerprint density at radius 2 is 1.95 bits per heavy atom. The largest absolute Gasteiger partial charge is 0.376 e. The first-order valence-corrected chi connectivity index (χ1v) is 8.37. The van der Waals surface area contributed by atoms with E-state index in [1.54, 1.807) is 0 Å². The first kappa shape index (κ1) is 14.3. The zero-order chi connectivity index (χ0) is 13.9. The minimum atomic E-state index is 0.218. The normalized spacial score (nSPS) is 34.8. The average molecular weight is 280 g/mol. The van der Waals surface area contributed by atoms with E-state index in [2.05, 4.69) is 17.1 Å². The van der Waals surface area contributed by atoms with Gasteiger partial charge in [-0.15, -0.1) is 0 Å². The van der Waals surface area contributed by atoms with Crippen molar-refractivity contribution in [1.82, 2.24) is 10.2 Å². The minimum Gasteiger partial charge on any atom is -0.376 e. The molecule has 3 fully saturated rings. The van der Waals surface area contributed by atoms with Gasteiger partial charge < -0.3 is 15.0 Å². The van der Waals surface area contributed by atoms with Gasteiger partial charge in [-0.2, -0.15) is 0 Å². The third kappa shape index (κ3) is 3.17. The van der Waals surface area contributed by atoms with Gasteiger partial charge in [-0.25, -0.2) is 0 Å². The molecule has 2 heterocycles. The first-order valence-electron chi connectivity index (χ1n) is 8.37. The monoisotopic (exact) mass is 280 g/mol. The molecule has 0 aromatic heterocycles. The van der Waals surface area contributed by atoms with Gasteiger partial charge in [-0.1, -0.05) is 6.92 Å². The molecule has 2 aliphatic heterocycles. The zero-order valence-electron chi connectivity index (χ0n) is 12.6. The maximum atomic E-state index is 12.7. The van der Waals surface area contributed by atoms with Crippen molar-refractivity contribution in [3.8, 4) is 0 Å². The van der Waals surface area contributed by atoms with Crippen LogP contribution in [0.25, 0.3) is 0 Å². The van der Waals surface area contributed by atoms with Crippen LogP contribution in [0, 0.1) is 11.8 Å². The Balaban J connectivity index is 1.63. The number of hydrogen-bond donors (Lipinski definition) is 1. The second kappa shape index (κ2) is 6.44. The molecule has 0 bridgehead atoms. The predicted octanol–water partition coefficient (Wildman–Crippen LogP) is 1.79. The average Bonchev–Trinajstić information content (AvgIpc) is 2.88. The summed E-state index contributed by atoms with van der Waals surface area (Å²) >= 11 is 0. The van der Waals surface area contributed by atoms with Crippen molar-refractivity contribution in [2.45, 2.75) is 57.6 Å². The molecular weight excluding hydrogens is 252 g/mol. The highest BCUT2D eigenvalue weighted by Gasteiger charge is 2.36. The number of carbonyl (C=O) groups excluding carboxylic acids is 1. The smallest absolute Gasteiger partial charge is 0.228 e. The number of nitrogens with zero attached hydrogens (tertiary/aromatic N) is 1. The van der Waals surface area contributed by atoms with Gasteiger partial charge in [-0.05, 0) is 44.4 Å². The van der Waals surface area contributed by atoms with Gasteiger partial charge >= 0.3 is 0 Å². The molecule has 0 radical (unpaired) electrons. The Morgan fingerprint density at radius 3 is 2.50 bits per heavy atom. The van der Waals surface area contributed by atoms with Gasteiger partial charge in [0.25, 0.3) is 0 Å². The van der Waals surface area contributed by atoms with Gasteiger partial charge in [0.15, 0.2) is 0 Å². The third-order valence-electron chi connectivity index (χ3n) is 5.26. The quantitative estimate of drug-likeness (QED) is 0.853. The highest BCUT2D eigenvalue weighted by Crippen LogP contribution is 2.29. The van der Waals surface area contributed by atoms with Crippen LogP contribution in [0.2, 0.25) is 0 Å². The summed E-state index contributed by atoms with van der Waals surface area (Å²) in [6, 6.07) is 0.462. The maximum absolute atomic E-state index is 12.7. The molecule has 114 valence electrons. The van der Waals surface area contributed by atoms with Gasteiger partial charge in [0.1, 0.15) is 0 Å². The number of rotatable bonds is 4. The van der Waals surface area contributed by atoms with Gasteiger partial charge in [0, 0.05) is 32.3 Å². The number of ether oxygens (including phenoxy) is 1. The number of hydrogen-bond acceptors (Lipinski definition) is 3. The second-order valence-electron chi connectivity index (χ2n) is 6.89. The van der Waals surface area contributed by atoms with Gasteiger partial charge in [0.05, 0.1) is 12.0 Å². The van der Waals surface area contributed by atoms with Crippen LogP contribution in [-0.2, 0) is 9.53 Å². The molecule has 3 aliphatic rings. The molecule has 1 amide bonds. The van der Waals surface area contributed by atoms with E-state index in [9.17, 15) is 4.79 Å². The lowest BCUT2D eigenvalue weighted by Crippen LogP contribution is -2.56. The number of nitrogens with one attached hydrogen (secondary N) is 1. The molecule has 1 atom stereocenters. The molecule has 0 spiro atoms. The van der Waals surface area contributed by atoms with E-state index >= 15 is 0 Å². The van der Waals surface area contributed by atoms with E-state index < -0.39 is 0 Å². The molecule has 1 aliphatic carbocycles. The van der Waals surface area contributed by atoms with Crippen LogP contribution in [0.3, 0.4) is 0 Å². The van der Waals surface area contributed by atoms with Gasteiger partial charge in [-0.3, -0.25) is 4.79 Å². The molecule has 4 nitrogen and oxygen atoms in total. The number of amides is 1. The second-order valence-corrected chi connectivity index (χ2v) is 6.89. The lowest BCUT2D eigenvalue weighted by molar-refractivity contribution is -0.142. The van der Waals surface area contributed by atoms with Crippen LogP contribution in [-0.4, -0.2) is 49.2 Å². The summed E-state index contributed by atoms with van der Waals surface area (Å²) in [5.41, 5.74) is 0. The Labute approximate surface area is 122 Å². The summed E-state index contributed by atoms with van der Waals surface area (Å²) in [4.78, 5) is 14.9.